The molecule has 0 spiro atoms. The van der Waals surface area contributed by atoms with E-state index in [4.69, 9.17) is 4.52 Å². The van der Waals surface area contributed by atoms with Gasteiger partial charge in [-0.1, -0.05) is 24.2 Å². The summed E-state index contributed by atoms with van der Waals surface area (Å²) in [6.07, 6.45) is 8.40. The molecule has 0 atom stereocenters. The molecule has 7 nitrogen and oxygen atoms in total. The summed E-state index contributed by atoms with van der Waals surface area (Å²) in [7, 11) is 0. The Kier molecular flexibility index (Phi) is 5.41. The largest absolute Gasteiger partial charge is 0.339 e. The van der Waals surface area contributed by atoms with Crippen molar-refractivity contribution in [3.8, 4) is 11.5 Å². The number of aryl methyl sites for hydroxylation is 1. The van der Waals surface area contributed by atoms with E-state index in [-0.39, 0.29) is 5.91 Å². The molecule has 1 amide bonds. The second-order valence-electron chi connectivity index (χ2n) is 7.09. The molecular weight excluding hydrogens is 354 g/mol. The molecule has 28 heavy (non-hydrogen) atoms. The lowest BCUT2D eigenvalue weighted by Crippen LogP contribution is -2.38. The Morgan fingerprint density at radius 3 is 2.64 bits per heavy atom. The van der Waals surface area contributed by atoms with Crippen molar-refractivity contribution in [3.05, 3.63) is 59.9 Å². The highest BCUT2D eigenvalue weighted by atomic mass is 16.5. The quantitative estimate of drug-likeness (QED) is 0.679. The maximum Gasteiger partial charge on any atom is 0.253 e. The van der Waals surface area contributed by atoms with Gasteiger partial charge in [-0.05, 0) is 42.9 Å². The Morgan fingerprint density at radius 2 is 1.96 bits per heavy atom. The zero-order chi connectivity index (χ0) is 19.3. The molecule has 1 fully saturated rings. The molecule has 1 saturated heterocycles. The average molecular weight is 377 g/mol. The number of benzene rings is 1. The number of hydrogen-bond donors (Lipinski definition) is 0. The number of carbonyl (C=O) groups excluding carboxylic acids is 1. The van der Waals surface area contributed by atoms with Gasteiger partial charge in [0.1, 0.15) is 5.69 Å². The third-order valence-corrected chi connectivity index (χ3v) is 5.23. The molecule has 144 valence electrons. The lowest BCUT2D eigenvalue weighted by atomic mass is 9.93. The number of nitrogens with zero attached hydrogens (tertiary/aromatic N) is 5. The van der Waals surface area contributed by atoms with Gasteiger partial charge in [0, 0.05) is 37.5 Å². The number of aromatic nitrogens is 4. The van der Waals surface area contributed by atoms with Gasteiger partial charge < -0.3 is 9.42 Å². The van der Waals surface area contributed by atoms with Gasteiger partial charge >= 0.3 is 0 Å². The van der Waals surface area contributed by atoms with Crippen LogP contribution in [0.1, 0.15) is 41.6 Å². The minimum atomic E-state index is 0.115. The fourth-order valence-electron chi connectivity index (χ4n) is 3.51. The first kappa shape index (κ1) is 18.3. The van der Waals surface area contributed by atoms with Gasteiger partial charge in [-0.2, -0.15) is 4.98 Å². The molecule has 1 aromatic carbocycles. The van der Waals surface area contributed by atoms with Crippen molar-refractivity contribution in [2.24, 2.45) is 5.92 Å². The van der Waals surface area contributed by atoms with E-state index >= 15 is 0 Å². The van der Waals surface area contributed by atoms with Crippen LogP contribution < -0.4 is 0 Å². The molecule has 7 heteroatoms. The topological polar surface area (TPSA) is 85.0 Å². The van der Waals surface area contributed by atoms with Gasteiger partial charge in [0.2, 0.25) is 11.7 Å². The second-order valence-corrected chi connectivity index (χ2v) is 7.09. The molecule has 1 aliphatic rings. The van der Waals surface area contributed by atoms with Crippen molar-refractivity contribution >= 4 is 5.91 Å². The lowest BCUT2D eigenvalue weighted by Gasteiger charge is -2.31. The molecule has 0 N–H and O–H groups in total. The van der Waals surface area contributed by atoms with E-state index in [2.05, 4.69) is 27.0 Å². The zero-order valence-corrected chi connectivity index (χ0v) is 15.9. The van der Waals surface area contributed by atoms with Gasteiger partial charge in [0.25, 0.3) is 5.91 Å². The lowest BCUT2D eigenvalue weighted by molar-refractivity contribution is 0.0687. The minimum absolute atomic E-state index is 0.115. The first-order valence-electron chi connectivity index (χ1n) is 9.70. The third-order valence-electron chi connectivity index (χ3n) is 5.23. The van der Waals surface area contributed by atoms with Crippen molar-refractivity contribution in [1.29, 1.82) is 0 Å². The Hall–Kier alpha value is -3.09. The minimum Gasteiger partial charge on any atom is -0.339 e. The summed E-state index contributed by atoms with van der Waals surface area (Å²) in [6, 6.07) is 7.92. The van der Waals surface area contributed by atoms with Crippen LogP contribution in [-0.4, -0.2) is 44.0 Å². The molecule has 0 aliphatic carbocycles. The van der Waals surface area contributed by atoms with Crippen LogP contribution in [-0.2, 0) is 12.8 Å². The summed E-state index contributed by atoms with van der Waals surface area (Å²) in [6.45, 7) is 3.62. The number of hydrogen-bond acceptors (Lipinski definition) is 6. The molecule has 2 aromatic heterocycles. The first-order valence-corrected chi connectivity index (χ1v) is 9.70. The van der Waals surface area contributed by atoms with E-state index in [1.807, 2.05) is 29.2 Å². The standard InChI is InChI=1S/C21H23N5O2/c1-2-15-3-5-17(6-4-15)21(27)26-11-7-16(8-12-26)13-19-24-20(25-28-19)18-14-22-9-10-23-18/h3-6,9-10,14,16H,2,7-8,11-13H2,1H3. The predicted octanol–water partition coefficient (Wildman–Crippen LogP) is 3.18. The van der Waals surface area contributed by atoms with Gasteiger partial charge in [-0.3, -0.25) is 9.78 Å². The zero-order valence-electron chi connectivity index (χ0n) is 15.9. The van der Waals surface area contributed by atoms with Crippen LogP contribution in [0.3, 0.4) is 0 Å². The fourth-order valence-corrected chi connectivity index (χ4v) is 3.51. The second kappa shape index (κ2) is 8.29. The van der Waals surface area contributed by atoms with Crippen LogP contribution in [0.5, 0.6) is 0 Å². The fraction of sp³-hybridized carbons (Fsp3) is 0.381. The van der Waals surface area contributed by atoms with Crippen LogP contribution in [0, 0.1) is 5.92 Å². The first-order chi connectivity index (χ1) is 13.7. The highest BCUT2D eigenvalue weighted by molar-refractivity contribution is 5.94. The average Bonchev–Trinajstić information content (AvgIpc) is 3.23. The smallest absolute Gasteiger partial charge is 0.253 e. The van der Waals surface area contributed by atoms with E-state index in [9.17, 15) is 4.79 Å². The van der Waals surface area contributed by atoms with E-state index < -0.39 is 0 Å². The molecule has 3 heterocycles. The van der Waals surface area contributed by atoms with Crippen LogP contribution in [0.15, 0.2) is 47.4 Å². The number of amides is 1. The highest BCUT2D eigenvalue weighted by Crippen LogP contribution is 2.23. The summed E-state index contributed by atoms with van der Waals surface area (Å²) in [5.74, 6) is 1.62. The monoisotopic (exact) mass is 377 g/mol. The molecule has 4 rings (SSSR count). The molecule has 0 bridgehead atoms. The predicted molar refractivity (Wildman–Crippen MR) is 103 cm³/mol. The van der Waals surface area contributed by atoms with Crippen molar-refractivity contribution in [3.63, 3.8) is 0 Å². The number of piperidine rings is 1. The van der Waals surface area contributed by atoms with Gasteiger partial charge in [-0.15, -0.1) is 0 Å². The summed E-state index contributed by atoms with van der Waals surface area (Å²) in [5.41, 5.74) is 2.61. The van der Waals surface area contributed by atoms with E-state index in [1.54, 1.807) is 18.6 Å². The molecule has 0 radical (unpaired) electrons. The number of carbonyl (C=O) groups is 1. The molecule has 0 saturated carbocycles. The SMILES string of the molecule is CCc1ccc(C(=O)N2CCC(Cc3nc(-c4cnccn4)no3)CC2)cc1. The van der Waals surface area contributed by atoms with Gasteiger partial charge in [0.15, 0.2) is 0 Å². The van der Waals surface area contributed by atoms with Crippen LogP contribution in [0.2, 0.25) is 0 Å². The number of likely N-dealkylation sites (tertiary alicyclic amines) is 1. The molecule has 1 aliphatic heterocycles. The van der Waals surface area contributed by atoms with Gasteiger partial charge in [0.05, 0.1) is 6.20 Å². The van der Waals surface area contributed by atoms with E-state index in [0.29, 0.717) is 23.3 Å². The van der Waals surface area contributed by atoms with Crippen molar-refractivity contribution in [1.82, 2.24) is 25.0 Å². The normalized spacial score (nSPS) is 15.0. The van der Waals surface area contributed by atoms with Crippen LogP contribution in [0.4, 0.5) is 0 Å². The van der Waals surface area contributed by atoms with Crippen molar-refractivity contribution < 1.29 is 9.32 Å². The third kappa shape index (κ3) is 4.08. The summed E-state index contributed by atoms with van der Waals surface area (Å²) >= 11 is 0. The summed E-state index contributed by atoms with van der Waals surface area (Å²) in [4.78, 5) is 27.3. The van der Waals surface area contributed by atoms with Crippen LogP contribution in [0.25, 0.3) is 11.5 Å². The Balaban J connectivity index is 1.32. The van der Waals surface area contributed by atoms with Gasteiger partial charge in [-0.25, -0.2) is 4.98 Å². The van der Waals surface area contributed by atoms with Crippen molar-refractivity contribution in [2.45, 2.75) is 32.6 Å². The highest BCUT2D eigenvalue weighted by Gasteiger charge is 2.25. The van der Waals surface area contributed by atoms with Crippen LogP contribution >= 0.6 is 0 Å². The summed E-state index contributed by atoms with van der Waals surface area (Å²) < 4.78 is 5.38. The Bertz CT molecular complexity index is 915. The maximum atomic E-state index is 12.7. The molecule has 3 aromatic rings. The Morgan fingerprint density at radius 1 is 1.18 bits per heavy atom. The van der Waals surface area contributed by atoms with E-state index in [0.717, 1.165) is 44.3 Å². The molecular formula is C21H23N5O2. The Labute approximate surface area is 163 Å². The maximum absolute atomic E-state index is 12.7. The summed E-state index contributed by atoms with van der Waals surface area (Å²) in [5, 5.41) is 4.00. The molecule has 0 unspecified atom stereocenters. The van der Waals surface area contributed by atoms with E-state index in [1.165, 1.54) is 5.56 Å². The number of rotatable bonds is 5. The van der Waals surface area contributed by atoms with Crippen molar-refractivity contribution in [2.75, 3.05) is 13.1 Å².